The molecule has 0 saturated carbocycles. The molecule has 0 radical (unpaired) electrons. The average Bonchev–Trinajstić information content (AvgIpc) is 3.22. The van der Waals surface area contributed by atoms with E-state index in [-0.39, 0.29) is 28.0 Å². The fourth-order valence-corrected chi connectivity index (χ4v) is 4.71. The Morgan fingerprint density at radius 1 is 1.10 bits per heavy atom. The molecule has 0 bridgehead atoms. The van der Waals surface area contributed by atoms with Gasteiger partial charge in [0.1, 0.15) is 5.75 Å². The van der Waals surface area contributed by atoms with Crippen LogP contribution >= 0.6 is 0 Å². The second-order valence-electron chi connectivity index (χ2n) is 6.99. The molecule has 2 aromatic carbocycles. The van der Waals surface area contributed by atoms with E-state index in [1.807, 2.05) is 0 Å². The predicted octanol–water partition coefficient (Wildman–Crippen LogP) is 3.91. The van der Waals surface area contributed by atoms with Crippen LogP contribution in [-0.4, -0.2) is 26.4 Å². The Morgan fingerprint density at radius 2 is 1.87 bits per heavy atom. The number of nitrogens with one attached hydrogen (secondary N) is 1. The van der Waals surface area contributed by atoms with Crippen LogP contribution in [-0.2, 0) is 16.4 Å². The first-order chi connectivity index (χ1) is 14.9. The van der Waals surface area contributed by atoms with E-state index < -0.39 is 9.84 Å². The van der Waals surface area contributed by atoms with E-state index in [0.29, 0.717) is 16.9 Å². The second-order valence-corrected chi connectivity index (χ2v) is 8.90. The summed E-state index contributed by atoms with van der Waals surface area (Å²) in [6.45, 7) is 1.96. The summed E-state index contributed by atoms with van der Waals surface area (Å²) in [6, 6.07) is 14.7. The summed E-state index contributed by atoms with van der Waals surface area (Å²) in [7, 11) is -2.13. The van der Waals surface area contributed by atoms with E-state index >= 15 is 0 Å². The molecule has 0 saturated heterocycles. The van der Waals surface area contributed by atoms with Crippen LogP contribution in [0.15, 0.2) is 81.2 Å². The molecule has 0 aliphatic rings. The third-order valence-corrected chi connectivity index (χ3v) is 6.83. The van der Waals surface area contributed by atoms with Gasteiger partial charge in [-0.05, 0) is 60.5 Å². The molecule has 31 heavy (non-hydrogen) atoms. The number of aromatic nitrogens is 1. The van der Waals surface area contributed by atoms with Crippen molar-refractivity contribution in [2.45, 2.75) is 23.3 Å². The van der Waals surface area contributed by atoms with Crippen LogP contribution in [0.3, 0.4) is 0 Å². The number of amides is 1. The van der Waals surface area contributed by atoms with Crippen molar-refractivity contribution in [1.82, 2.24) is 10.3 Å². The zero-order valence-corrected chi connectivity index (χ0v) is 17.8. The van der Waals surface area contributed by atoms with Crippen molar-refractivity contribution < 1.29 is 22.4 Å². The number of methoxy groups -OCH3 is 1. The van der Waals surface area contributed by atoms with Gasteiger partial charge in [-0.1, -0.05) is 12.1 Å². The third kappa shape index (κ3) is 4.15. The normalized spacial score (nSPS) is 11.4. The van der Waals surface area contributed by atoms with Crippen LogP contribution in [0.5, 0.6) is 5.75 Å². The lowest BCUT2D eigenvalue weighted by Gasteiger charge is -2.10. The number of pyridine rings is 1. The maximum atomic E-state index is 13.0. The topological polar surface area (TPSA) is 98.5 Å². The van der Waals surface area contributed by atoms with Crippen molar-refractivity contribution in [3.63, 3.8) is 0 Å². The quantitative estimate of drug-likeness (QED) is 0.492. The number of furan rings is 1. The fourth-order valence-electron chi connectivity index (χ4n) is 3.23. The lowest BCUT2D eigenvalue weighted by molar-refractivity contribution is 0.0925. The van der Waals surface area contributed by atoms with Gasteiger partial charge in [-0.2, -0.15) is 0 Å². The summed E-state index contributed by atoms with van der Waals surface area (Å²) >= 11 is 0. The van der Waals surface area contributed by atoms with Gasteiger partial charge in [0, 0.05) is 18.1 Å². The first-order valence-corrected chi connectivity index (χ1v) is 11.0. The monoisotopic (exact) mass is 436 g/mol. The van der Waals surface area contributed by atoms with Crippen molar-refractivity contribution in [3.05, 3.63) is 83.9 Å². The van der Waals surface area contributed by atoms with Gasteiger partial charge in [-0.25, -0.2) is 8.42 Å². The van der Waals surface area contributed by atoms with Gasteiger partial charge in [0.15, 0.2) is 11.3 Å². The molecule has 2 heterocycles. The molecule has 0 atom stereocenters. The SMILES string of the molecule is COc1ccc(S(=O)(=O)c2ccc(CNC(=O)c3cc4ccncc4o3)cc2)c(C)c1. The van der Waals surface area contributed by atoms with Gasteiger partial charge in [-0.15, -0.1) is 0 Å². The summed E-state index contributed by atoms with van der Waals surface area (Å²) in [5.74, 6) is 0.433. The molecule has 0 unspecified atom stereocenters. The molecule has 0 aliphatic heterocycles. The highest BCUT2D eigenvalue weighted by molar-refractivity contribution is 7.91. The molecule has 7 nitrogen and oxygen atoms in total. The Bertz CT molecular complexity index is 1330. The molecule has 1 N–H and O–H groups in total. The smallest absolute Gasteiger partial charge is 0.287 e. The first-order valence-electron chi connectivity index (χ1n) is 9.49. The standard InChI is InChI=1S/C23H20N2O5S/c1-15-11-18(29-2)5-8-22(15)31(27,28)19-6-3-16(4-7-19)13-25-23(26)20-12-17-9-10-24-14-21(17)30-20/h3-12,14H,13H2,1-2H3,(H,25,26). The van der Waals surface area contributed by atoms with E-state index in [1.165, 1.54) is 19.2 Å². The van der Waals surface area contributed by atoms with Crippen molar-refractivity contribution in [2.24, 2.45) is 0 Å². The zero-order chi connectivity index (χ0) is 22.0. The minimum absolute atomic E-state index is 0.181. The Balaban J connectivity index is 1.47. The zero-order valence-electron chi connectivity index (χ0n) is 17.0. The third-order valence-electron chi connectivity index (χ3n) is 4.91. The predicted molar refractivity (Wildman–Crippen MR) is 115 cm³/mol. The molecule has 4 rings (SSSR count). The number of aryl methyl sites for hydroxylation is 1. The van der Waals surface area contributed by atoms with E-state index in [1.54, 1.807) is 61.8 Å². The Hall–Kier alpha value is -3.65. The molecule has 0 spiro atoms. The summed E-state index contributed by atoms with van der Waals surface area (Å²) in [6.07, 6.45) is 3.18. The van der Waals surface area contributed by atoms with Crippen molar-refractivity contribution in [3.8, 4) is 5.75 Å². The molecule has 0 aliphatic carbocycles. The number of rotatable bonds is 6. The second kappa shape index (κ2) is 8.23. The summed E-state index contributed by atoms with van der Waals surface area (Å²) in [4.78, 5) is 16.7. The molecule has 1 amide bonds. The highest BCUT2D eigenvalue weighted by atomic mass is 32.2. The lowest BCUT2D eigenvalue weighted by atomic mass is 10.2. The van der Waals surface area contributed by atoms with E-state index in [9.17, 15) is 13.2 Å². The highest BCUT2D eigenvalue weighted by Crippen LogP contribution is 2.27. The van der Waals surface area contributed by atoms with Crippen LogP contribution in [0.25, 0.3) is 11.0 Å². The van der Waals surface area contributed by atoms with Crippen LogP contribution < -0.4 is 10.1 Å². The number of hydrogen-bond donors (Lipinski definition) is 1. The van der Waals surface area contributed by atoms with Crippen molar-refractivity contribution in [1.29, 1.82) is 0 Å². The highest BCUT2D eigenvalue weighted by Gasteiger charge is 2.20. The number of fused-ring (bicyclic) bond motifs is 1. The van der Waals surface area contributed by atoms with Crippen LogP contribution in [0, 0.1) is 6.92 Å². The van der Waals surface area contributed by atoms with Crippen LogP contribution in [0.2, 0.25) is 0 Å². The number of carbonyl (C=O) groups excluding carboxylic acids is 1. The summed E-state index contributed by atoms with van der Waals surface area (Å²) in [5.41, 5.74) is 1.91. The minimum atomic E-state index is -3.66. The fraction of sp³-hybridized carbons (Fsp3) is 0.130. The van der Waals surface area contributed by atoms with Gasteiger partial charge in [0.25, 0.3) is 5.91 Å². The lowest BCUT2D eigenvalue weighted by Crippen LogP contribution is -2.22. The number of nitrogens with zero attached hydrogens (tertiary/aromatic N) is 1. The summed E-state index contributed by atoms with van der Waals surface area (Å²) < 4.78 is 36.6. The Labute approximate surface area is 179 Å². The molecule has 4 aromatic rings. The first kappa shape index (κ1) is 20.6. The van der Waals surface area contributed by atoms with Gasteiger partial charge in [0.05, 0.1) is 23.1 Å². The molecular formula is C23H20N2O5S. The van der Waals surface area contributed by atoms with Crippen molar-refractivity contribution >= 4 is 26.7 Å². The Morgan fingerprint density at radius 3 is 2.55 bits per heavy atom. The van der Waals surface area contributed by atoms with E-state index in [4.69, 9.17) is 9.15 Å². The van der Waals surface area contributed by atoms with Crippen LogP contribution in [0.1, 0.15) is 21.7 Å². The van der Waals surface area contributed by atoms with Gasteiger partial charge in [-0.3, -0.25) is 9.78 Å². The number of ether oxygens (including phenoxy) is 1. The molecule has 2 aromatic heterocycles. The van der Waals surface area contributed by atoms with Gasteiger partial charge >= 0.3 is 0 Å². The summed E-state index contributed by atoms with van der Waals surface area (Å²) in [5, 5.41) is 3.57. The van der Waals surface area contributed by atoms with Gasteiger partial charge < -0.3 is 14.5 Å². The number of hydrogen-bond acceptors (Lipinski definition) is 6. The maximum absolute atomic E-state index is 13.0. The van der Waals surface area contributed by atoms with Crippen LogP contribution in [0.4, 0.5) is 0 Å². The Kier molecular flexibility index (Phi) is 5.48. The molecule has 158 valence electrons. The van der Waals surface area contributed by atoms with Gasteiger partial charge in [0.2, 0.25) is 9.84 Å². The van der Waals surface area contributed by atoms with E-state index in [0.717, 1.165) is 10.9 Å². The minimum Gasteiger partial charge on any atom is -0.497 e. The largest absolute Gasteiger partial charge is 0.497 e. The number of carbonyl (C=O) groups is 1. The molecule has 0 fully saturated rings. The van der Waals surface area contributed by atoms with E-state index in [2.05, 4.69) is 10.3 Å². The average molecular weight is 436 g/mol. The number of sulfone groups is 1. The maximum Gasteiger partial charge on any atom is 0.287 e. The van der Waals surface area contributed by atoms with Crippen molar-refractivity contribution in [2.75, 3.05) is 7.11 Å². The molecule has 8 heteroatoms. The molecular weight excluding hydrogens is 416 g/mol. The number of benzene rings is 2.